The fourth-order valence-corrected chi connectivity index (χ4v) is 2.99. The average Bonchev–Trinajstić information content (AvgIpc) is 2.67. The van der Waals surface area contributed by atoms with Gasteiger partial charge in [0.05, 0.1) is 33.5 Å². The average molecular weight is 350 g/mol. The van der Waals surface area contributed by atoms with E-state index in [1.54, 1.807) is 21.3 Å². The summed E-state index contributed by atoms with van der Waals surface area (Å²) in [6, 6.07) is 6.30. The maximum atomic E-state index is 5.51. The zero-order chi connectivity index (χ0) is 18.1. The Bertz CT molecular complexity index is 559. The Hall–Kier alpha value is -1.99. The van der Waals surface area contributed by atoms with Gasteiger partial charge in [0.1, 0.15) is 0 Å². The van der Waals surface area contributed by atoms with E-state index in [2.05, 4.69) is 39.6 Å². The first-order valence-electron chi connectivity index (χ1n) is 8.71. The quantitative estimate of drug-likeness (QED) is 0.570. The number of hydrogen-bond donors (Lipinski definition) is 2. The number of ether oxygens (including phenoxy) is 3. The lowest BCUT2D eigenvalue weighted by Crippen LogP contribution is -2.46. The Kier molecular flexibility index (Phi) is 7.81. The van der Waals surface area contributed by atoms with Crippen LogP contribution >= 0.6 is 0 Å². The summed E-state index contributed by atoms with van der Waals surface area (Å²) < 4.78 is 16.3. The molecule has 1 aromatic rings. The highest BCUT2D eigenvalue weighted by molar-refractivity contribution is 5.79. The first-order valence-corrected chi connectivity index (χ1v) is 8.71. The molecule has 0 bridgehead atoms. The first kappa shape index (κ1) is 19.3. The Balaban J connectivity index is 2.21. The number of hydrogen-bond acceptors (Lipinski definition) is 5. The molecule has 0 aliphatic carbocycles. The summed E-state index contributed by atoms with van der Waals surface area (Å²) in [4.78, 5) is 6.68. The van der Waals surface area contributed by atoms with Crippen LogP contribution < -0.4 is 20.1 Å². The number of guanidine groups is 1. The van der Waals surface area contributed by atoms with Gasteiger partial charge in [-0.05, 0) is 24.6 Å². The summed E-state index contributed by atoms with van der Waals surface area (Å²) in [6.45, 7) is 6.95. The topological polar surface area (TPSA) is 67.4 Å². The third-order valence-electron chi connectivity index (χ3n) is 4.31. The summed E-state index contributed by atoms with van der Waals surface area (Å²) in [6.07, 6.45) is 0. The van der Waals surface area contributed by atoms with Crippen molar-refractivity contribution in [1.82, 2.24) is 15.5 Å². The molecule has 0 amide bonds. The van der Waals surface area contributed by atoms with Crippen LogP contribution in [0.25, 0.3) is 0 Å². The second-order valence-electron chi connectivity index (χ2n) is 5.76. The van der Waals surface area contributed by atoms with Crippen LogP contribution in [0.3, 0.4) is 0 Å². The third kappa shape index (κ3) is 5.24. The number of nitrogens with zero attached hydrogens (tertiary/aromatic N) is 2. The molecule has 1 aromatic carbocycles. The SMILES string of the molecule is CCNC(=NC)NCC(c1ccc(OC)c(OC)c1)N1CCOCC1. The lowest BCUT2D eigenvalue weighted by molar-refractivity contribution is 0.0169. The third-order valence-corrected chi connectivity index (χ3v) is 4.31. The number of nitrogens with one attached hydrogen (secondary N) is 2. The van der Waals surface area contributed by atoms with Crippen LogP contribution in [-0.4, -0.2) is 71.5 Å². The van der Waals surface area contributed by atoms with Gasteiger partial charge in [0.25, 0.3) is 0 Å². The zero-order valence-electron chi connectivity index (χ0n) is 15.7. The van der Waals surface area contributed by atoms with Crippen molar-refractivity contribution >= 4 is 5.96 Å². The second kappa shape index (κ2) is 10.1. The largest absolute Gasteiger partial charge is 0.493 e. The Morgan fingerprint density at radius 2 is 1.92 bits per heavy atom. The van der Waals surface area contributed by atoms with E-state index in [0.717, 1.165) is 56.9 Å². The molecule has 1 fully saturated rings. The molecule has 1 aliphatic heterocycles. The van der Waals surface area contributed by atoms with Crippen molar-refractivity contribution in [3.05, 3.63) is 23.8 Å². The van der Waals surface area contributed by atoms with Crippen LogP contribution in [0.2, 0.25) is 0 Å². The molecule has 0 aromatic heterocycles. The molecule has 2 rings (SSSR count). The molecule has 0 spiro atoms. The van der Waals surface area contributed by atoms with Crippen molar-refractivity contribution in [2.45, 2.75) is 13.0 Å². The monoisotopic (exact) mass is 350 g/mol. The van der Waals surface area contributed by atoms with Crippen LogP contribution in [0, 0.1) is 0 Å². The minimum absolute atomic E-state index is 0.194. The fraction of sp³-hybridized carbons (Fsp3) is 0.611. The van der Waals surface area contributed by atoms with Crippen LogP contribution in [0.5, 0.6) is 11.5 Å². The Labute approximate surface area is 150 Å². The normalized spacial score (nSPS) is 17.0. The van der Waals surface area contributed by atoms with Gasteiger partial charge in [-0.15, -0.1) is 0 Å². The van der Waals surface area contributed by atoms with E-state index < -0.39 is 0 Å². The molecule has 7 nitrogen and oxygen atoms in total. The van der Waals surface area contributed by atoms with E-state index in [1.807, 2.05) is 6.07 Å². The van der Waals surface area contributed by atoms with Crippen LogP contribution in [0.4, 0.5) is 0 Å². The van der Waals surface area contributed by atoms with Gasteiger partial charge < -0.3 is 24.8 Å². The van der Waals surface area contributed by atoms with Gasteiger partial charge >= 0.3 is 0 Å². The zero-order valence-corrected chi connectivity index (χ0v) is 15.7. The first-order chi connectivity index (χ1) is 12.2. The molecule has 1 unspecified atom stereocenters. The van der Waals surface area contributed by atoms with E-state index in [-0.39, 0.29) is 6.04 Å². The predicted molar refractivity (Wildman–Crippen MR) is 99.7 cm³/mol. The molecule has 25 heavy (non-hydrogen) atoms. The molecule has 1 aliphatic rings. The minimum atomic E-state index is 0.194. The smallest absolute Gasteiger partial charge is 0.191 e. The molecule has 140 valence electrons. The van der Waals surface area contributed by atoms with Crippen molar-refractivity contribution in [3.63, 3.8) is 0 Å². The van der Waals surface area contributed by atoms with Crippen LogP contribution in [0.15, 0.2) is 23.2 Å². The highest BCUT2D eigenvalue weighted by Crippen LogP contribution is 2.32. The Morgan fingerprint density at radius 3 is 2.52 bits per heavy atom. The van der Waals surface area contributed by atoms with Gasteiger partial charge in [-0.1, -0.05) is 6.07 Å². The highest BCUT2D eigenvalue weighted by atomic mass is 16.5. The number of aliphatic imine (C=N–C) groups is 1. The van der Waals surface area contributed by atoms with E-state index >= 15 is 0 Å². The molecule has 0 saturated carbocycles. The maximum Gasteiger partial charge on any atom is 0.191 e. The molecule has 1 saturated heterocycles. The Morgan fingerprint density at radius 1 is 1.20 bits per heavy atom. The molecular formula is C18H30N4O3. The number of methoxy groups -OCH3 is 2. The number of morpholine rings is 1. The molecule has 2 N–H and O–H groups in total. The second-order valence-corrected chi connectivity index (χ2v) is 5.76. The molecule has 0 radical (unpaired) electrons. The number of benzene rings is 1. The van der Waals surface area contributed by atoms with Gasteiger partial charge in [0.15, 0.2) is 17.5 Å². The molecule has 1 atom stereocenters. The van der Waals surface area contributed by atoms with Crippen molar-refractivity contribution < 1.29 is 14.2 Å². The fourth-order valence-electron chi connectivity index (χ4n) is 2.99. The minimum Gasteiger partial charge on any atom is -0.493 e. The van der Waals surface area contributed by atoms with Gasteiger partial charge in [0.2, 0.25) is 0 Å². The lowest BCUT2D eigenvalue weighted by Gasteiger charge is -2.35. The summed E-state index contributed by atoms with van der Waals surface area (Å²) in [5.41, 5.74) is 1.18. The molecular weight excluding hydrogens is 320 g/mol. The van der Waals surface area contributed by atoms with Gasteiger partial charge in [-0.2, -0.15) is 0 Å². The van der Waals surface area contributed by atoms with Gasteiger partial charge in [-0.25, -0.2) is 0 Å². The summed E-state index contributed by atoms with van der Waals surface area (Å²) >= 11 is 0. The van der Waals surface area contributed by atoms with Crippen molar-refractivity contribution in [1.29, 1.82) is 0 Å². The summed E-state index contributed by atoms with van der Waals surface area (Å²) in [7, 11) is 5.10. The van der Waals surface area contributed by atoms with Crippen LogP contribution in [-0.2, 0) is 4.74 Å². The lowest BCUT2D eigenvalue weighted by atomic mass is 10.0. The molecule has 7 heteroatoms. The van der Waals surface area contributed by atoms with Crippen molar-refractivity contribution in [2.75, 3.05) is 60.7 Å². The van der Waals surface area contributed by atoms with Gasteiger partial charge in [0, 0.05) is 33.2 Å². The summed E-state index contributed by atoms with van der Waals surface area (Å²) in [5, 5.41) is 6.65. The highest BCUT2D eigenvalue weighted by Gasteiger charge is 2.24. The summed E-state index contributed by atoms with van der Waals surface area (Å²) in [5.74, 6) is 2.29. The maximum absolute atomic E-state index is 5.51. The van der Waals surface area contributed by atoms with E-state index in [1.165, 1.54) is 5.56 Å². The van der Waals surface area contributed by atoms with Crippen LogP contribution in [0.1, 0.15) is 18.5 Å². The van der Waals surface area contributed by atoms with E-state index in [9.17, 15) is 0 Å². The van der Waals surface area contributed by atoms with E-state index in [0.29, 0.717) is 0 Å². The predicted octanol–water partition coefficient (Wildman–Crippen LogP) is 1.26. The standard InChI is InChI=1S/C18H30N4O3/c1-5-20-18(19-2)21-13-15(22-8-10-25-11-9-22)14-6-7-16(23-3)17(12-14)24-4/h6-7,12,15H,5,8-11,13H2,1-4H3,(H2,19,20,21). The van der Waals surface area contributed by atoms with Crippen molar-refractivity contribution in [3.8, 4) is 11.5 Å². The molecule has 1 heterocycles. The van der Waals surface area contributed by atoms with Gasteiger partial charge in [-0.3, -0.25) is 9.89 Å². The van der Waals surface area contributed by atoms with Crippen molar-refractivity contribution in [2.24, 2.45) is 4.99 Å². The van der Waals surface area contributed by atoms with E-state index in [4.69, 9.17) is 14.2 Å². The number of rotatable bonds is 7.